The van der Waals surface area contributed by atoms with Crippen LogP contribution in [0.3, 0.4) is 0 Å². The van der Waals surface area contributed by atoms with Crippen LogP contribution in [0.15, 0.2) is 42.7 Å². The van der Waals surface area contributed by atoms with E-state index >= 15 is 0 Å². The maximum atomic E-state index is 12.8. The molecule has 5 heteroatoms. The molecule has 0 unspecified atom stereocenters. The Labute approximate surface area is 108 Å². The van der Waals surface area contributed by atoms with E-state index in [1.807, 2.05) is 6.07 Å². The van der Waals surface area contributed by atoms with Gasteiger partial charge in [-0.3, -0.25) is 4.98 Å². The normalized spacial score (nSPS) is 11.1. The second kappa shape index (κ2) is 5.11. The number of halogens is 3. The highest BCUT2D eigenvalue weighted by atomic mass is 19.4. The molecule has 0 bridgehead atoms. The van der Waals surface area contributed by atoms with Gasteiger partial charge in [-0.25, -0.2) is 0 Å². The zero-order valence-electron chi connectivity index (χ0n) is 9.78. The molecule has 0 aliphatic heterocycles. The van der Waals surface area contributed by atoms with E-state index in [9.17, 15) is 13.2 Å². The quantitative estimate of drug-likeness (QED) is 0.824. The van der Waals surface area contributed by atoms with Crippen molar-refractivity contribution in [3.05, 3.63) is 53.9 Å². The highest BCUT2D eigenvalue weighted by molar-refractivity contribution is 5.65. The molecular weight excluding hydrogens is 253 g/mol. The van der Waals surface area contributed by atoms with E-state index in [2.05, 4.69) is 4.98 Å². The van der Waals surface area contributed by atoms with Gasteiger partial charge in [-0.1, -0.05) is 6.07 Å². The summed E-state index contributed by atoms with van der Waals surface area (Å²) in [5.41, 5.74) is 0.680. The molecule has 0 radical (unpaired) electrons. The maximum Gasteiger partial charge on any atom is 0.416 e. The monoisotopic (exact) mass is 262 g/mol. The third-order valence-electron chi connectivity index (χ3n) is 2.62. The molecule has 0 fully saturated rings. The lowest BCUT2D eigenvalue weighted by atomic mass is 9.99. The summed E-state index contributed by atoms with van der Waals surface area (Å²) in [4.78, 5) is 3.83. The zero-order chi connectivity index (χ0) is 13.9. The van der Waals surface area contributed by atoms with Crippen molar-refractivity contribution >= 4 is 0 Å². The van der Waals surface area contributed by atoms with E-state index in [4.69, 9.17) is 5.26 Å². The fourth-order valence-corrected chi connectivity index (χ4v) is 1.76. The predicted octanol–water partition coefficient (Wildman–Crippen LogP) is 3.83. The van der Waals surface area contributed by atoms with Crippen molar-refractivity contribution in [3.8, 4) is 17.2 Å². The van der Waals surface area contributed by atoms with Gasteiger partial charge in [0.05, 0.1) is 18.1 Å². The Morgan fingerprint density at radius 2 is 1.74 bits per heavy atom. The largest absolute Gasteiger partial charge is 0.416 e. The van der Waals surface area contributed by atoms with Crippen LogP contribution in [0.2, 0.25) is 0 Å². The lowest BCUT2D eigenvalue weighted by Crippen LogP contribution is -2.06. The Bertz CT molecular complexity index is 613. The van der Waals surface area contributed by atoms with E-state index in [1.54, 1.807) is 18.2 Å². The minimum Gasteiger partial charge on any atom is -0.265 e. The molecule has 1 aromatic carbocycles. The van der Waals surface area contributed by atoms with Gasteiger partial charge < -0.3 is 0 Å². The first-order valence-electron chi connectivity index (χ1n) is 5.49. The summed E-state index contributed by atoms with van der Waals surface area (Å²) < 4.78 is 38.4. The number of alkyl halides is 3. The van der Waals surface area contributed by atoms with Crippen LogP contribution in [0, 0.1) is 11.3 Å². The van der Waals surface area contributed by atoms with Crippen molar-refractivity contribution < 1.29 is 13.2 Å². The van der Waals surface area contributed by atoms with Gasteiger partial charge in [0.2, 0.25) is 0 Å². The van der Waals surface area contributed by atoms with Gasteiger partial charge in [0.15, 0.2) is 0 Å². The summed E-state index contributed by atoms with van der Waals surface area (Å²) in [6.07, 6.45) is -1.45. The summed E-state index contributed by atoms with van der Waals surface area (Å²) >= 11 is 0. The van der Waals surface area contributed by atoms with Gasteiger partial charge in [-0.2, -0.15) is 18.4 Å². The fourth-order valence-electron chi connectivity index (χ4n) is 1.76. The first-order valence-corrected chi connectivity index (χ1v) is 5.49. The van der Waals surface area contributed by atoms with Gasteiger partial charge in [0, 0.05) is 12.4 Å². The summed E-state index contributed by atoms with van der Waals surface area (Å²) in [5, 5.41) is 8.63. The summed E-state index contributed by atoms with van der Waals surface area (Å²) in [6, 6.07) is 8.80. The first-order chi connectivity index (χ1) is 9.00. The van der Waals surface area contributed by atoms with Gasteiger partial charge in [0.25, 0.3) is 0 Å². The standard InChI is InChI=1S/C14H9F3N2/c15-14(16,17)13-8-10(1-4-18)7-12(9-13)11-2-5-19-6-3-11/h2-3,5-9H,1H2. The topological polar surface area (TPSA) is 36.7 Å². The van der Waals surface area contributed by atoms with E-state index in [1.165, 1.54) is 12.4 Å². The molecule has 0 saturated carbocycles. The zero-order valence-corrected chi connectivity index (χ0v) is 9.78. The third-order valence-corrected chi connectivity index (χ3v) is 2.62. The van der Waals surface area contributed by atoms with Crippen molar-refractivity contribution in [1.29, 1.82) is 5.26 Å². The van der Waals surface area contributed by atoms with Gasteiger partial charge in [0.1, 0.15) is 0 Å². The van der Waals surface area contributed by atoms with Gasteiger partial charge in [-0.05, 0) is 41.0 Å². The molecule has 0 amide bonds. The number of hydrogen-bond acceptors (Lipinski definition) is 2. The molecular formula is C14H9F3N2. The van der Waals surface area contributed by atoms with E-state index < -0.39 is 11.7 Å². The van der Waals surface area contributed by atoms with Crippen molar-refractivity contribution in [2.24, 2.45) is 0 Å². The van der Waals surface area contributed by atoms with Crippen LogP contribution in [-0.4, -0.2) is 4.98 Å². The van der Waals surface area contributed by atoms with Crippen molar-refractivity contribution in [3.63, 3.8) is 0 Å². The molecule has 2 nitrogen and oxygen atoms in total. The average Bonchev–Trinajstić information content (AvgIpc) is 2.39. The number of rotatable bonds is 2. The van der Waals surface area contributed by atoms with Crippen LogP contribution in [0.4, 0.5) is 13.2 Å². The third kappa shape index (κ3) is 3.10. The average molecular weight is 262 g/mol. The Morgan fingerprint density at radius 3 is 2.32 bits per heavy atom. The Balaban J connectivity index is 2.56. The van der Waals surface area contributed by atoms with Crippen LogP contribution in [-0.2, 0) is 12.6 Å². The van der Waals surface area contributed by atoms with E-state index in [0.29, 0.717) is 16.7 Å². The van der Waals surface area contributed by atoms with Crippen LogP contribution >= 0.6 is 0 Å². The van der Waals surface area contributed by atoms with Crippen LogP contribution in [0.25, 0.3) is 11.1 Å². The molecule has 2 aromatic rings. The molecule has 1 aromatic heterocycles. The Hall–Kier alpha value is -2.35. The SMILES string of the molecule is N#CCc1cc(-c2ccncc2)cc(C(F)(F)F)c1. The second-order valence-corrected chi connectivity index (χ2v) is 3.99. The van der Waals surface area contributed by atoms with Gasteiger partial charge in [-0.15, -0.1) is 0 Å². The molecule has 0 atom stereocenters. The maximum absolute atomic E-state index is 12.8. The number of nitriles is 1. The molecule has 2 rings (SSSR count). The second-order valence-electron chi connectivity index (χ2n) is 3.99. The molecule has 96 valence electrons. The smallest absolute Gasteiger partial charge is 0.265 e. The lowest BCUT2D eigenvalue weighted by molar-refractivity contribution is -0.137. The van der Waals surface area contributed by atoms with Crippen LogP contribution < -0.4 is 0 Å². The fraction of sp³-hybridized carbons (Fsp3) is 0.143. The lowest BCUT2D eigenvalue weighted by Gasteiger charge is -2.11. The minimum atomic E-state index is -4.42. The number of nitrogens with zero attached hydrogens (tertiary/aromatic N) is 2. The summed E-state index contributed by atoms with van der Waals surface area (Å²) in [7, 11) is 0. The number of benzene rings is 1. The highest BCUT2D eigenvalue weighted by Crippen LogP contribution is 2.33. The molecule has 0 aliphatic rings. The molecule has 1 heterocycles. The molecule has 0 aliphatic carbocycles. The molecule has 0 spiro atoms. The van der Waals surface area contributed by atoms with Crippen molar-refractivity contribution in [1.82, 2.24) is 4.98 Å². The van der Waals surface area contributed by atoms with Crippen molar-refractivity contribution in [2.45, 2.75) is 12.6 Å². The summed E-state index contributed by atoms with van der Waals surface area (Å²) in [5.74, 6) is 0. The Kier molecular flexibility index (Phi) is 3.52. The van der Waals surface area contributed by atoms with Crippen LogP contribution in [0.5, 0.6) is 0 Å². The van der Waals surface area contributed by atoms with Crippen LogP contribution in [0.1, 0.15) is 11.1 Å². The highest BCUT2D eigenvalue weighted by Gasteiger charge is 2.31. The van der Waals surface area contributed by atoms with E-state index in [0.717, 1.165) is 12.1 Å². The number of hydrogen-bond donors (Lipinski definition) is 0. The van der Waals surface area contributed by atoms with Crippen molar-refractivity contribution in [2.75, 3.05) is 0 Å². The number of aromatic nitrogens is 1. The molecule has 0 saturated heterocycles. The summed E-state index contributed by atoms with van der Waals surface area (Å²) in [6.45, 7) is 0. The van der Waals surface area contributed by atoms with E-state index in [-0.39, 0.29) is 6.42 Å². The van der Waals surface area contributed by atoms with Gasteiger partial charge >= 0.3 is 6.18 Å². The predicted molar refractivity (Wildman–Crippen MR) is 64.0 cm³/mol. The Morgan fingerprint density at radius 1 is 1.05 bits per heavy atom. The first kappa shape index (κ1) is 13.1. The minimum absolute atomic E-state index is 0.0536. The number of pyridine rings is 1. The molecule has 19 heavy (non-hydrogen) atoms. The molecule has 0 N–H and O–H groups in total.